The number of hydrogen-bond donors (Lipinski definition) is 1. The summed E-state index contributed by atoms with van der Waals surface area (Å²) in [5.74, 6) is 1.33. The molecule has 6 nitrogen and oxygen atoms in total. The van der Waals surface area contributed by atoms with Crippen LogP contribution >= 0.6 is 0 Å². The molecule has 0 atom stereocenters. The topological polar surface area (TPSA) is 88.4 Å². The van der Waals surface area contributed by atoms with Crippen LogP contribution in [0.3, 0.4) is 0 Å². The van der Waals surface area contributed by atoms with Crippen molar-refractivity contribution in [3.63, 3.8) is 0 Å². The minimum absolute atomic E-state index is 0.137. The summed E-state index contributed by atoms with van der Waals surface area (Å²) in [5, 5.41) is 8.78. The fourth-order valence-electron chi connectivity index (χ4n) is 2.37. The Labute approximate surface area is 154 Å². The first-order valence-corrected chi connectivity index (χ1v) is 9.86. The van der Waals surface area contributed by atoms with E-state index in [1.165, 1.54) is 24.3 Å². The maximum atomic E-state index is 12.3. The van der Waals surface area contributed by atoms with Crippen LogP contribution in [0.5, 0.6) is 11.5 Å². The molecule has 1 N–H and O–H groups in total. The van der Waals surface area contributed by atoms with Gasteiger partial charge in [0.1, 0.15) is 0 Å². The average Bonchev–Trinajstić information content (AvgIpc) is 2.64. The molecule has 0 bridgehead atoms. The molecular formula is C19H22N2O4S. The molecule has 0 aliphatic rings. The van der Waals surface area contributed by atoms with Crippen molar-refractivity contribution >= 4 is 10.0 Å². The highest BCUT2D eigenvalue weighted by Gasteiger charge is 2.13. The van der Waals surface area contributed by atoms with Gasteiger partial charge in [-0.2, -0.15) is 5.26 Å². The van der Waals surface area contributed by atoms with Gasteiger partial charge in [0.15, 0.2) is 11.5 Å². The molecule has 2 aromatic rings. The van der Waals surface area contributed by atoms with Crippen LogP contribution in [-0.4, -0.2) is 28.2 Å². The lowest BCUT2D eigenvalue weighted by atomic mass is 10.1. The number of ether oxygens (including phenoxy) is 2. The number of benzene rings is 2. The van der Waals surface area contributed by atoms with Crippen molar-refractivity contribution in [2.24, 2.45) is 0 Å². The van der Waals surface area contributed by atoms with E-state index in [2.05, 4.69) is 4.72 Å². The smallest absolute Gasteiger partial charge is 0.240 e. The zero-order chi connectivity index (χ0) is 19.0. The van der Waals surface area contributed by atoms with Crippen molar-refractivity contribution in [3.8, 4) is 17.6 Å². The predicted molar refractivity (Wildman–Crippen MR) is 98.8 cm³/mol. The standard InChI is InChI=1S/C19H22N2O4S/c1-3-24-18-10-7-15(13-19(18)25-4-2)11-12-21-26(22,23)17-8-5-16(14-20)6-9-17/h5-10,13,21H,3-4,11-12H2,1-2H3. The summed E-state index contributed by atoms with van der Waals surface area (Å²) in [6.07, 6.45) is 0.516. The first kappa shape index (κ1) is 19.8. The minimum atomic E-state index is -3.61. The van der Waals surface area contributed by atoms with Crippen molar-refractivity contribution in [2.45, 2.75) is 25.2 Å². The molecule has 0 amide bonds. The van der Waals surface area contributed by atoms with Crippen LogP contribution in [-0.2, 0) is 16.4 Å². The van der Waals surface area contributed by atoms with Gasteiger partial charge in [-0.3, -0.25) is 0 Å². The fraction of sp³-hybridized carbons (Fsp3) is 0.316. The van der Waals surface area contributed by atoms with Crippen LogP contribution in [0, 0.1) is 11.3 Å². The third-order valence-electron chi connectivity index (χ3n) is 3.61. The second kappa shape index (κ2) is 9.22. The Kier molecular flexibility index (Phi) is 7.01. The normalized spacial score (nSPS) is 11.0. The van der Waals surface area contributed by atoms with Crippen LogP contribution in [0.4, 0.5) is 0 Å². The molecule has 2 rings (SSSR count). The van der Waals surface area contributed by atoms with E-state index in [9.17, 15) is 8.42 Å². The molecule has 0 unspecified atom stereocenters. The Bertz CT molecular complexity index is 871. The maximum absolute atomic E-state index is 12.3. The van der Waals surface area contributed by atoms with Gasteiger partial charge < -0.3 is 9.47 Å². The Hall–Kier alpha value is -2.56. The Morgan fingerprint density at radius 3 is 2.27 bits per heavy atom. The molecular weight excluding hydrogens is 352 g/mol. The Balaban J connectivity index is 2.01. The van der Waals surface area contributed by atoms with Crippen molar-refractivity contribution in [1.82, 2.24) is 4.72 Å². The highest BCUT2D eigenvalue weighted by molar-refractivity contribution is 7.89. The summed E-state index contributed by atoms with van der Waals surface area (Å²) < 4.78 is 38.3. The largest absolute Gasteiger partial charge is 0.490 e. The SMILES string of the molecule is CCOc1ccc(CCNS(=O)(=O)c2ccc(C#N)cc2)cc1OCC. The predicted octanol–water partition coefficient (Wildman–Crippen LogP) is 2.88. The number of nitrogens with zero attached hydrogens (tertiary/aromatic N) is 1. The summed E-state index contributed by atoms with van der Waals surface area (Å²) in [6.45, 7) is 5.12. The maximum Gasteiger partial charge on any atom is 0.240 e. The quantitative estimate of drug-likeness (QED) is 0.729. The fourth-order valence-corrected chi connectivity index (χ4v) is 3.40. The minimum Gasteiger partial charge on any atom is -0.490 e. The molecule has 0 saturated heterocycles. The van der Waals surface area contributed by atoms with Gasteiger partial charge in [0.2, 0.25) is 10.0 Å². The van der Waals surface area contributed by atoms with E-state index < -0.39 is 10.0 Å². The zero-order valence-corrected chi connectivity index (χ0v) is 15.7. The highest BCUT2D eigenvalue weighted by Crippen LogP contribution is 2.28. The van der Waals surface area contributed by atoms with Crippen LogP contribution in [0.1, 0.15) is 25.0 Å². The molecule has 0 aliphatic heterocycles. The van der Waals surface area contributed by atoms with Crippen molar-refractivity contribution in [1.29, 1.82) is 5.26 Å². The van der Waals surface area contributed by atoms with Crippen LogP contribution in [0.15, 0.2) is 47.4 Å². The van der Waals surface area contributed by atoms with E-state index in [1.54, 1.807) is 0 Å². The molecule has 7 heteroatoms. The Morgan fingerprint density at radius 1 is 1.00 bits per heavy atom. The average molecular weight is 374 g/mol. The monoisotopic (exact) mass is 374 g/mol. The summed E-state index contributed by atoms with van der Waals surface area (Å²) in [5.41, 5.74) is 1.36. The van der Waals surface area contributed by atoms with Crippen LogP contribution in [0.2, 0.25) is 0 Å². The molecule has 0 aromatic heterocycles. The molecule has 0 heterocycles. The van der Waals surface area contributed by atoms with Crippen molar-refractivity contribution < 1.29 is 17.9 Å². The first-order valence-electron chi connectivity index (χ1n) is 8.38. The van der Waals surface area contributed by atoms with Gasteiger partial charge in [-0.15, -0.1) is 0 Å². The number of nitriles is 1. The molecule has 0 aliphatic carbocycles. The van der Waals surface area contributed by atoms with E-state index in [-0.39, 0.29) is 11.4 Å². The number of rotatable bonds is 9. The van der Waals surface area contributed by atoms with E-state index in [0.717, 1.165) is 5.56 Å². The Morgan fingerprint density at radius 2 is 1.65 bits per heavy atom. The van der Waals surface area contributed by atoms with Crippen molar-refractivity contribution in [2.75, 3.05) is 19.8 Å². The van der Waals surface area contributed by atoms with Gasteiger partial charge in [0, 0.05) is 6.54 Å². The van der Waals surface area contributed by atoms with E-state index >= 15 is 0 Å². The summed E-state index contributed by atoms with van der Waals surface area (Å²) in [7, 11) is -3.61. The van der Waals surface area contributed by atoms with E-state index in [0.29, 0.717) is 36.7 Å². The van der Waals surface area contributed by atoms with Gasteiger partial charge in [-0.25, -0.2) is 13.1 Å². The first-order chi connectivity index (χ1) is 12.5. The van der Waals surface area contributed by atoms with Gasteiger partial charge in [0.05, 0.1) is 29.7 Å². The second-order valence-electron chi connectivity index (χ2n) is 5.43. The lowest BCUT2D eigenvalue weighted by Crippen LogP contribution is -2.26. The summed E-state index contributed by atoms with van der Waals surface area (Å²) in [6, 6.07) is 13.4. The van der Waals surface area contributed by atoms with Crippen molar-refractivity contribution in [3.05, 3.63) is 53.6 Å². The van der Waals surface area contributed by atoms with Crippen LogP contribution in [0.25, 0.3) is 0 Å². The summed E-state index contributed by atoms with van der Waals surface area (Å²) in [4.78, 5) is 0.137. The molecule has 0 radical (unpaired) electrons. The second-order valence-corrected chi connectivity index (χ2v) is 7.20. The van der Waals surface area contributed by atoms with Crippen LogP contribution < -0.4 is 14.2 Å². The third-order valence-corrected chi connectivity index (χ3v) is 5.08. The molecule has 26 heavy (non-hydrogen) atoms. The molecule has 0 spiro atoms. The molecule has 0 saturated carbocycles. The number of hydrogen-bond acceptors (Lipinski definition) is 5. The molecule has 138 valence electrons. The molecule has 2 aromatic carbocycles. The zero-order valence-electron chi connectivity index (χ0n) is 14.9. The van der Waals surface area contributed by atoms with E-state index in [1.807, 2.05) is 38.1 Å². The third kappa shape index (κ3) is 5.22. The summed E-state index contributed by atoms with van der Waals surface area (Å²) >= 11 is 0. The lowest BCUT2D eigenvalue weighted by Gasteiger charge is -2.13. The van der Waals surface area contributed by atoms with Gasteiger partial charge in [-0.1, -0.05) is 6.07 Å². The number of nitrogens with one attached hydrogen (secondary N) is 1. The van der Waals surface area contributed by atoms with E-state index in [4.69, 9.17) is 14.7 Å². The lowest BCUT2D eigenvalue weighted by molar-refractivity contribution is 0.287. The van der Waals surface area contributed by atoms with Gasteiger partial charge in [0.25, 0.3) is 0 Å². The number of sulfonamides is 1. The highest BCUT2D eigenvalue weighted by atomic mass is 32.2. The molecule has 0 fully saturated rings. The van der Waals surface area contributed by atoms with Gasteiger partial charge >= 0.3 is 0 Å². The van der Waals surface area contributed by atoms with Gasteiger partial charge in [-0.05, 0) is 62.2 Å².